The zero-order valence-electron chi connectivity index (χ0n) is 21.8. The van der Waals surface area contributed by atoms with E-state index in [9.17, 15) is 18.0 Å². The van der Waals surface area contributed by atoms with Crippen LogP contribution in [-0.4, -0.2) is 74.2 Å². The summed E-state index contributed by atoms with van der Waals surface area (Å²) in [4.78, 5) is 24.4. The molecule has 37 heavy (non-hydrogen) atoms. The standard InChI is InChI=1S/C25H37F3N8O/c1-17(2)35-13-9-19(15-35)36-16-21(18(3)33-36)31-24-30-14-20(25(26,27)28)23(32-24)29-10-7-12-34-11-6-4-5-8-22(34)37/h14,16-17,19H,4-13,15H2,1-3H3,(H2,29,30,31,32). The van der Waals surface area contributed by atoms with E-state index >= 15 is 0 Å². The van der Waals surface area contributed by atoms with Crippen molar-refractivity contribution in [2.24, 2.45) is 0 Å². The molecule has 0 spiro atoms. The second-order valence-electron chi connectivity index (χ2n) is 10.2. The number of anilines is 3. The number of nitrogens with zero attached hydrogens (tertiary/aromatic N) is 6. The average Bonchev–Trinajstić information content (AvgIpc) is 3.41. The van der Waals surface area contributed by atoms with Crippen LogP contribution in [0.1, 0.15) is 69.7 Å². The Balaban J connectivity index is 1.41. The number of likely N-dealkylation sites (tertiary alicyclic amines) is 2. The zero-order chi connectivity index (χ0) is 26.6. The first-order valence-electron chi connectivity index (χ1n) is 13.1. The number of hydrogen-bond donors (Lipinski definition) is 2. The molecule has 204 valence electrons. The molecule has 0 saturated carbocycles. The van der Waals surface area contributed by atoms with Crippen LogP contribution in [0.15, 0.2) is 12.4 Å². The van der Waals surface area contributed by atoms with Crippen LogP contribution in [-0.2, 0) is 11.0 Å². The molecule has 0 aromatic carbocycles. The van der Waals surface area contributed by atoms with Crippen molar-refractivity contribution in [3.8, 4) is 0 Å². The Morgan fingerprint density at radius 2 is 2.00 bits per heavy atom. The van der Waals surface area contributed by atoms with Crippen LogP contribution in [0.3, 0.4) is 0 Å². The molecular weight excluding hydrogens is 485 g/mol. The Kier molecular flexibility index (Phi) is 8.56. The van der Waals surface area contributed by atoms with E-state index in [2.05, 4.69) is 44.4 Å². The molecule has 0 bridgehead atoms. The van der Waals surface area contributed by atoms with E-state index in [0.29, 0.717) is 37.7 Å². The van der Waals surface area contributed by atoms with Gasteiger partial charge in [0, 0.05) is 57.6 Å². The van der Waals surface area contributed by atoms with Gasteiger partial charge >= 0.3 is 6.18 Å². The minimum atomic E-state index is -4.59. The minimum absolute atomic E-state index is 0.0658. The van der Waals surface area contributed by atoms with Crippen molar-refractivity contribution >= 4 is 23.4 Å². The highest BCUT2D eigenvalue weighted by Crippen LogP contribution is 2.34. The topological polar surface area (TPSA) is 91.2 Å². The van der Waals surface area contributed by atoms with E-state index < -0.39 is 11.7 Å². The molecule has 4 rings (SSSR count). The molecule has 2 aliphatic rings. The summed E-state index contributed by atoms with van der Waals surface area (Å²) >= 11 is 0. The van der Waals surface area contributed by atoms with Gasteiger partial charge in [0.1, 0.15) is 11.4 Å². The molecule has 2 aliphatic heterocycles. The Bertz CT molecular complexity index is 1070. The number of hydrogen-bond acceptors (Lipinski definition) is 7. The second-order valence-corrected chi connectivity index (χ2v) is 10.2. The molecule has 0 aliphatic carbocycles. The lowest BCUT2D eigenvalue weighted by Gasteiger charge is -2.21. The molecule has 9 nitrogen and oxygen atoms in total. The predicted molar refractivity (Wildman–Crippen MR) is 136 cm³/mol. The number of aromatic nitrogens is 4. The van der Waals surface area contributed by atoms with E-state index in [0.717, 1.165) is 50.7 Å². The highest BCUT2D eigenvalue weighted by molar-refractivity contribution is 5.76. The van der Waals surface area contributed by atoms with Gasteiger partial charge in [0.15, 0.2) is 0 Å². The van der Waals surface area contributed by atoms with Crippen LogP contribution < -0.4 is 10.6 Å². The first kappa shape index (κ1) is 27.2. The van der Waals surface area contributed by atoms with Gasteiger partial charge in [0.25, 0.3) is 0 Å². The fourth-order valence-corrected chi connectivity index (χ4v) is 4.90. The fourth-order valence-electron chi connectivity index (χ4n) is 4.90. The van der Waals surface area contributed by atoms with E-state index in [4.69, 9.17) is 0 Å². The lowest BCUT2D eigenvalue weighted by atomic mass is 10.2. The van der Waals surface area contributed by atoms with Crippen molar-refractivity contribution in [1.82, 2.24) is 29.5 Å². The van der Waals surface area contributed by atoms with Crippen LogP contribution in [0.2, 0.25) is 0 Å². The summed E-state index contributed by atoms with van der Waals surface area (Å²) in [5.74, 6) is -0.0934. The van der Waals surface area contributed by atoms with Gasteiger partial charge in [-0.15, -0.1) is 0 Å². The van der Waals surface area contributed by atoms with Gasteiger partial charge in [-0.2, -0.15) is 23.3 Å². The number of halogens is 3. The molecule has 2 N–H and O–H groups in total. The molecule has 4 heterocycles. The number of carbonyl (C=O) groups excluding carboxylic acids is 1. The lowest BCUT2D eigenvalue weighted by molar-refractivity contribution is -0.137. The van der Waals surface area contributed by atoms with Crippen molar-refractivity contribution in [2.45, 2.75) is 77.6 Å². The summed E-state index contributed by atoms with van der Waals surface area (Å²) in [5.41, 5.74) is 0.465. The van der Waals surface area contributed by atoms with Gasteiger partial charge in [-0.05, 0) is 46.5 Å². The summed E-state index contributed by atoms with van der Waals surface area (Å²) in [5, 5.41) is 10.5. The number of amides is 1. The zero-order valence-corrected chi connectivity index (χ0v) is 21.8. The Hall–Kier alpha value is -2.89. The number of aryl methyl sites for hydroxylation is 1. The smallest absolute Gasteiger partial charge is 0.369 e. The van der Waals surface area contributed by atoms with Crippen molar-refractivity contribution in [3.63, 3.8) is 0 Å². The van der Waals surface area contributed by atoms with Crippen LogP contribution in [0.25, 0.3) is 0 Å². The maximum Gasteiger partial charge on any atom is 0.421 e. The predicted octanol–water partition coefficient (Wildman–Crippen LogP) is 4.60. The molecule has 1 unspecified atom stereocenters. The molecule has 2 saturated heterocycles. The Morgan fingerprint density at radius 3 is 2.73 bits per heavy atom. The van der Waals surface area contributed by atoms with Gasteiger partial charge in [-0.3, -0.25) is 14.4 Å². The second kappa shape index (κ2) is 11.7. The lowest BCUT2D eigenvalue weighted by Crippen LogP contribution is -2.32. The molecule has 1 atom stereocenters. The third kappa shape index (κ3) is 6.91. The van der Waals surface area contributed by atoms with Gasteiger partial charge < -0.3 is 15.5 Å². The largest absolute Gasteiger partial charge is 0.421 e. The molecule has 12 heteroatoms. The normalized spacial score (nSPS) is 19.5. The highest BCUT2D eigenvalue weighted by Gasteiger charge is 2.35. The van der Waals surface area contributed by atoms with Gasteiger partial charge in [-0.25, -0.2) is 4.98 Å². The van der Waals surface area contributed by atoms with Gasteiger partial charge in [0.2, 0.25) is 11.9 Å². The molecule has 1 amide bonds. The fraction of sp³-hybridized carbons (Fsp3) is 0.680. The van der Waals surface area contributed by atoms with Crippen LogP contribution in [0.5, 0.6) is 0 Å². The first-order valence-corrected chi connectivity index (χ1v) is 13.1. The van der Waals surface area contributed by atoms with Crippen LogP contribution >= 0.6 is 0 Å². The molecule has 2 fully saturated rings. The number of carbonyl (C=O) groups is 1. The van der Waals surface area contributed by atoms with Crippen molar-refractivity contribution < 1.29 is 18.0 Å². The monoisotopic (exact) mass is 522 g/mol. The van der Waals surface area contributed by atoms with E-state index in [1.165, 1.54) is 0 Å². The number of rotatable bonds is 9. The molecule has 2 aromatic rings. The minimum Gasteiger partial charge on any atom is -0.369 e. The SMILES string of the molecule is Cc1nn(C2CCN(C(C)C)C2)cc1Nc1ncc(C(F)(F)F)c(NCCCN2CCCCCC2=O)n1. The Morgan fingerprint density at radius 1 is 1.19 bits per heavy atom. The third-order valence-corrected chi connectivity index (χ3v) is 7.13. The molecule has 2 aromatic heterocycles. The third-order valence-electron chi connectivity index (χ3n) is 7.13. The van der Waals surface area contributed by atoms with Gasteiger partial charge in [-0.1, -0.05) is 6.42 Å². The summed E-state index contributed by atoms with van der Waals surface area (Å²) in [6, 6.07) is 0.717. The van der Waals surface area contributed by atoms with Crippen LogP contribution in [0.4, 0.5) is 30.6 Å². The summed E-state index contributed by atoms with van der Waals surface area (Å²) in [7, 11) is 0. The molecular formula is C25H37F3N8O. The number of alkyl halides is 3. The highest BCUT2D eigenvalue weighted by atomic mass is 19.4. The van der Waals surface area contributed by atoms with Crippen molar-refractivity contribution in [1.29, 1.82) is 0 Å². The van der Waals surface area contributed by atoms with Crippen LogP contribution in [0, 0.1) is 6.92 Å². The Labute approximate surface area is 215 Å². The maximum absolute atomic E-state index is 13.6. The average molecular weight is 523 g/mol. The quantitative estimate of drug-likeness (QED) is 0.465. The number of nitrogens with one attached hydrogen (secondary N) is 2. The molecule has 0 radical (unpaired) electrons. The summed E-state index contributed by atoms with van der Waals surface area (Å²) in [6.45, 7) is 9.58. The van der Waals surface area contributed by atoms with E-state index in [1.807, 2.05) is 17.8 Å². The maximum atomic E-state index is 13.6. The first-order chi connectivity index (χ1) is 17.6. The van der Waals surface area contributed by atoms with Gasteiger partial charge in [0.05, 0.1) is 17.4 Å². The van der Waals surface area contributed by atoms with Crippen molar-refractivity contribution in [3.05, 3.63) is 23.7 Å². The summed E-state index contributed by atoms with van der Waals surface area (Å²) < 4.78 is 42.8. The summed E-state index contributed by atoms with van der Waals surface area (Å²) in [6.07, 6.45) is 3.03. The van der Waals surface area contributed by atoms with E-state index in [-0.39, 0.29) is 30.3 Å². The van der Waals surface area contributed by atoms with E-state index in [1.54, 1.807) is 4.90 Å². The van der Waals surface area contributed by atoms with Crippen molar-refractivity contribution in [2.75, 3.05) is 43.4 Å².